The van der Waals surface area contributed by atoms with Crippen LogP contribution in [0.25, 0.3) is 5.76 Å². The van der Waals surface area contributed by atoms with Gasteiger partial charge >= 0.3 is 5.91 Å². The number of pyridine rings is 1. The Morgan fingerprint density at radius 3 is 2.29 bits per heavy atom. The molecule has 2 aromatic carbocycles. The minimum Gasteiger partial charge on any atom is -0.507 e. The molecular formula is C22H14BrN3O5. The molecule has 3 aromatic rings. The predicted octanol–water partition coefficient (Wildman–Crippen LogP) is 4.38. The number of carbonyl (C=O) groups excluding carboxylic acids is 2. The van der Waals surface area contributed by atoms with Crippen LogP contribution in [0.5, 0.6) is 0 Å². The van der Waals surface area contributed by atoms with Crippen molar-refractivity contribution in [3.05, 3.63) is 104 Å². The van der Waals surface area contributed by atoms with Gasteiger partial charge in [0.2, 0.25) is 0 Å². The van der Waals surface area contributed by atoms with Crippen molar-refractivity contribution >= 4 is 44.9 Å². The first-order valence-electron chi connectivity index (χ1n) is 9.11. The van der Waals surface area contributed by atoms with Gasteiger partial charge in [-0.2, -0.15) is 0 Å². The lowest BCUT2D eigenvalue weighted by Crippen LogP contribution is -2.30. The molecule has 2 heterocycles. The van der Waals surface area contributed by atoms with E-state index < -0.39 is 28.4 Å². The number of amides is 1. The number of hydrogen-bond acceptors (Lipinski definition) is 6. The van der Waals surface area contributed by atoms with Gasteiger partial charge in [-0.05, 0) is 45.8 Å². The van der Waals surface area contributed by atoms with E-state index in [2.05, 4.69) is 20.9 Å². The quantitative estimate of drug-likeness (QED) is 0.195. The Labute approximate surface area is 184 Å². The number of nitro groups is 1. The van der Waals surface area contributed by atoms with Gasteiger partial charge in [-0.15, -0.1) is 0 Å². The number of hydrogen-bond donors (Lipinski definition) is 1. The van der Waals surface area contributed by atoms with E-state index in [0.29, 0.717) is 10.0 Å². The second-order valence-corrected chi connectivity index (χ2v) is 7.63. The Morgan fingerprint density at radius 2 is 1.71 bits per heavy atom. The van der Waals surface area contributed by atoms with E-state index in [9.17, 15) is 24.8 Å². The summed E-state index contributed by atoms with van der Waals surface area (Å²) in [5, 5.41) is 21.9. The van der Waals surface area contributed by atoms with E-state index in [1.165, 1.54) is 35.4 Å². The van der Waals surface area contributed by atoms with Crippen molar-refractivity contribution in [2.75, 3.05) is 4.90 Å². The number of benzene rings is 2. The first kappa shape index (κ1) is 20.4. The molecular weight excluding hydrogens is 466 g/mol. The van der Waals surface area contributed by atoms with Gasteiger partial charge in [-0.3, -0.25) is 24.6 Å². The molecule has 1 atom stereocenters. The maximum absolute atomic E-state index is 13.0. The number of ketones is 1. The molecule has 1 amide bonds. The van der Waals surface area contributed by atoms with Crippen molar-refractivity contribution < 1.29 is 19.6 Å². The third-order valence-electron chi connectivity index (χ3n) is 4.87. The highest BCUT2D eigenvalue weighted by Crippen LogP contribution is 2.41. The summed E-state index contributed by atoms with van der Waals surface area (Å²) in [5.41, 5.74) is 0.522. The number of non-ortho nitro benzene ring substituents is 1. The van der Waals surface area contributed by atoms with Crippen molar-refractivity contribution in [2.24, 2.45) is 0 Å². The third-order valence-corrected chi connectivity index (χ3v) is 5.34. The van der Waals surface area contributed by atoms with Gasteiger partial charge in [0.05, 0.1) is 16.5 Å². The fourth-order valence-corrected chi connectivity index (χ4v) is 3.66. The molecule has 1 saturated heterocycles. The van der Waals surface area contributed by atoms with Gasteiger partial charge < -0.3 is 5.11 Å². The van der Waals surface area contributed by atoms with Crippen LogP contribution in [0, 0.1) is 10.1 Å². The molecule has 1 fully saturated rings. The Bertz CT molecular complexity index is 1210. The molecule has 1 aromatic heterocycles. The monoisotopic (exact) mass is 479 g/mol. The lowest BCUT2D eigenvalue weighted by atomic mass is 9.95. The molecule has 31 heavy (non-hydrogen) atoms. The van der Waals surface area contributed by atoms with E-state index in [1.807, 2.05) is 0 Å². The second-order valence-electron chi connectivity index (χ2n) is 6.72. The molecule has 1 aliphatic rings. The molecule has 0 radical (unpaired) electrons. The fourth-order valence-electron chi connectivity index (χ4n) is 3.43. The van der Waals surface area contributed by atoms with Gasteiger partial charge in [0.25, 0.3) is 11.5 Å². The SMILES string of the molecule is O=C1C(=O)N(c2ccc(Br)cn2)[C@H](c2ccccc2)/C1=C(\O)c1ccc([N+](=O)[O-])cc1. The zero-order valence-electron chi connectivity index (χ0n) is 15.8. The normalized spacial score (nSPS) is 17.7. The van der Waals surface area contributed by atoms with Gasteiger partial charge in [0.15, 0.2) is 0 Å². The lowest BCUT2D eigenvalue weighted by molar-refractivity contribution is -0.384. The van der Waals surface area contributed by atoms with Crippen molar-refractivity contribution in [3.63, 3.8) is 0 Å². The molecule has 154 valence electrons. The number of nitro benzene ring substituents is 1. The molecule has 8 nitrogen and oxygen atoms in total. The number of aliphatic hydroxyl groups excluding tert-OH is 1. The summed E-state index contributed by atoms with van der Waals surface area (Å²) in [6.07, 6.45) is 1.51. The smallest absolute Gasteiger partial charge is 0.301 e. The number of Topliss-reactive ketones (excluding diaryl/α,β-unsaturated/α-hetero) is 1. The minimum atomic E-state index is -0.912. The van der Waals surface area contributed by atoms with Crippen molar-refractivity contribution in [1.82, 2.24) is 4.98 Å². The van der Waals surface area contributed by atoms with Crippen LogP contribution in [0.2, 0.25) is 0 Å². The maximum atomic E-state index is 13.0. The van der Waals surface area contributed by atoms with E-state index in [1.54, 1.807) is 42.5 Å². The number of aliphatic hydroxyl groups is 1. The molecule has 0 aliphatic carbocycles. The Balaban J connectivity index is 1.90. The van der Waals surface area contributed by atoms with Crippen molar-refractivity contribution in [1.29, 1.82) is 0 Å². The number of aromatic nitrogens is 1. The molecule has 1 N–H and O–H groups in total. The predicted molar refractivity (Wildman–Crippen MR) is 116 cm³/mol. The molecule has 4 rings (SSSR count). The van der Waals surface area contributed by atoms with Crippen LogP contribution < -0.4 is 4.90 Å². The summed E-state index contributed by atoms with van der Waals surface area (Å²) in [6.45, 7) is 0. The first-order chi connectivity index (χ1) is 14.9. The summed E-state index contributed by atoms with van der Waals surface area (Å²) in [6, 6.07) is 16.3. The summed E-state index contributed by atoms with van der Waals surface area (Å²) < 4.78 is 0.704. The molecule has 0 saturated carbocycles. The number of carbonyl (C=O) groups is 2. The summed E-state index contributed by atoms with van der Waals surface area (Å²) in [4.78, 5) is 41.8. The maximum Gasteiger partial charge on any atom is 0.301 e. The van der Waals surface area contributed by atoms with Crippen LogP contribution in [0.15, 0.2) is 83.0 Å². The largest absolute Gasteiger partial charge is 0.507 e. The first-order valence-corrected chi connectivity index (χ1v) is 9.90. The minimum absolute atomic E-state index is 0.116. The van der Waals surface area contributed by atoms with E-state index in [4.69, 9.17) is 0 Å². The fraction of sp³-hybridized carbons (Fsp3) is 0.0455. The Kier molecular flexibility index (Phi) is 5.35. The van der Waals surface area contributed by atoms with Gasteiger partial charge in [0, 0.05) is 28.4 Å². The van der Waals surface area contributed by atoms with E-state index >= 15 is 0 Å². The zero-order chi connectivity index (χ0) is 22.1. The highest BCUT2D eigenvalue weighted by Gasteiger charge is 2.47. The van der Waals surface area contributed by atoms with Crippen LogP contribution in [0.1, 0.15) is 17.2 Å². The number of nitrogens with zero attached hydrogens (tertiary/aromatic N) is 3. The molecule has 9 heteroatoms. The van der Waals surface area contributed by atoms with E-state index in [-0.39, 0.29) is 22.6 Å². The van der Waals surface area contributed by atoms with Gasteiger partial charge in [0.1, 0.15) is 11.6 Å². The van der Waals surface area contributed by atoms with Gasteiger partial charge in [-0.1, -0.05) is 30.3 Å². The Morgan fingerprint density at radius 1 is 1.03 bits per heavy atom. The van der Waals surface area contributed by atoms with Crippen LogP contribution >= 0.6 is 15.9 Å². The van der Waals surface area contributed by atoms with Crippen LogP contribution in [0.3, 0.4) is 0 Å². The van der Waals surface area contributed by atoms with Crippen molar-refractivity contribution in [2.45, 2.75) is 6.04 Å². The second kappa shape index (κ2) is 8.11. The molecule has 0 spiro atoms. The van der Waals surface area contributed by atoms with Crippen LogP contribution in [-0.2, 0) is 9.59 Å². The summed E-state index contributed by atoms with van der Waals surface area (Å²) >= 11 is 3.29. The van der Waals surface area contributed by atoms with E-state index in [0.717, 1.165) is 0 Å². The summed E-state index contributed by atoms with van der Waals surface area (Å²) in [7, 11) is 0. The van der Waals surface area contributed by atoms with Crippen LogP contribution in [0.4, 0.5) is 11.5 Å². The highest BCUT2D eigenvalue weighted by atomic mass is 79.9. The highest BCUT2D eigenvalue weighted by molar-refractivity contribution is 9.10. The summed E-state index contributed by atoms with van der Waals surface area (Å²) in [5.74, 6) is -1.86. The standard InChI is InChI=1S/C22H14BrN3O5/c23-15-8-11-17(24-12-15)25-19(13-4-2-1-3-5-13)18(21(28)22(25)29)20(27)14-6-9-16(10-7-14)26(30)31/h1-12,19,27H/b20-18+/t19-/m1/s1. The topological polar surface area (TPSA) is 114 Å². The zero-order valence-corrected chi connectivity index (χ0v) is 17.4. The Hall–Kier alpha value is -3.85. The number of anilines is 1. The molecule has 0 bridgehead atoms. The average Bonchev–Trinajstić information content (AvgIpc) is 3.05. The van der Waals surface area contributed by atoms with Crippen LogP contribution in [-0.4, -0.2) is 26.7 Å². The average molecular weight is 480 g/mol. The number of rotatable bonds is 4. The third kappa shape index (κ3) is 3.71. The lowest BCUT2D eigenvalue weighted by Gasteiger charge is -2.24. The van der Waals surface area contributed by atoms with Crippen molar-refractivity contribution in [3.8, 4) is 0 Å². The molecule has 1 aliphatic heterocycles. The molecule has 0 unspecified atom stereocenters. The van der Waals surface area contributed by atoms with Gasteiger partial charge in [-0.25, -0.2) is 4.98 Å². The number of halogens is 1.